The molecule has 1 fully saturated rings. The molecule has 0 bridgehead atoms. The Bertz CT molecular complexity index is 880. The number of nitrogens with zero attached hydrogens (tertiary/aromatic N) is 6. The summed E-state index contributed by atoms with van der Waals surface area (Å²) in [6.07, 6.45) is 0. The van der Waals surface area contributed by atoms with E-state index in [0.29, 0.717) is 0 Å². The maximum Gasteiger partial charge on any atom is 0.186 e. The molecule has 5 rings (SSSR count). The van der Waals surface area contributed by atoms with Gasteiger partial charge in [0, 0.05) is 50.3 Å². The zero-order valence-corrected chi connectivity index (χ0v) is 15.3. The smallest absolute Gasteiger partial charge is 0.186 e. The third-order valence-corrected chi connectivity index (χ3v) is 5.92. The van der Waals surface area contributed by atoms with Crippen LogP contribution in [0.25, 0.3) is 11.5 Å². The van der Waals surface area contributed by atoms with Gasteiger partial charge in [0.25, 0.3) is 0 Å². The van der Waals surface area contributed by atoms with E-state index < -0.39 is 0 Å². The highest BCUT2D eigenvalue weighted by Crippen LogP contribution is 2.28. The van der Waals surface area contributed by atoms with E-state index in [2.05, 4.69) is 65.6 Å². The summed E-state index contributed by atoms with van der Waals surface area (Å²) in [6, 6.07) is 10.6. The summed E-state index contributed by atoms with van der Waals surface area (Å²) >= 11 is 1.70. The van der Waals surface area contributed by atoms with E-state index in [4.69, 9.17) is 4.98 Å². The average Bonchev–Trinajstić information content (AvgIpc) is 3.36. The Morgan fingerprint density at radius 3 is 2.58 bits per heavy atom. The summed E-state index contributed by atoms with van der Waals surface area (Å²) in [7, 11) is 0. The van der Waals surface area contributed by atoms with E-state index in [-0.39, 0.29) is 0 Å². The van der Waals surface area contributed by atoms with E-state index in [1.807, 2.05) is 0 Å². The molecule has 26 heavy (non-hydrogen) atoms. The van der Waals surface area contributed by atoms with Crippen molar-refractivity contribution in [1.82, 2.24) is 25.1 Å². The Morgan fingerprint density at radius 1 is 0.923 bits per heavy atom. The predicted molar refractivity (Wildman–Crippen MR) is 104 cm³/mol. The van der Waals surface area contributed by atoms with E-state index in [1.54, 1.807) is 11.3 Å². The number of piperazine rings is 1. The summed E-state index contributed by atoms with van der Waals surface area (Å²) in [5.41, 5.74) is 2.24. The van der Waals surface area contributed by atoms with Gasteiger partial charge >= 0.3 is 0 Å². The van der Waals surface area contributed by atoms with Crippen molar-refractivity contribution in [2.24, 2.45) is 0 Å². The highest BCUT2D eigenvalue weighted by Gasteiger charge is 2.22. The lowest BCUT2D eigenvalue weighted by molar-refractivity contribution is 0.508. The molecule has 0 spiro atoms. The first-order chi connectivity index (χ1) is 12.9. The van der Waals surface area contributed by atoms with Gasteiger partial charge in [-0.3, -0.25) is 0 Å². The second kappa shape index (κ2) is 6.69. The maximum absolute atomic E-state index is 4.86. The third kappa shape index (κ3) is 2.85. The molecular formula is C18H21N7S. The quantitative estimate of drug-likeness (QED) is 0.762. The summed E-state index contributed by atoms with van der Waals surface area (Å²) in [4.78, 5) is 9.68. The van der Waals surface area contributed by atoms with Crippen LogP contribution in [0.4, 0.5) is 10.8 Å². The van der Waals surface area contributed by atoms with E-state index in [0.717, 1.165) is 68.3 Å². The lowest BCUT2D eigenvalue weighted by Gasteiger charge is -2.35. The molecule has 2 aliphatic heterocycles. The zero-order chi connectivity index (χ0) is 17.3. The average molecular weight is 367 g/mol. The molecule has 3 aromatic rings. The minimum absolute atomic E-state index is 0.783. The number of anilines is 2. The molecule has 2 aliphatic rings. The number of para-hydroxylation sites is 1. The Labute approximate surface area is 156 Å². The molecule has 4 heterocycles. The first kappa shape index (κ1) is 15.8. The molecule has 0 aliphatic carbocycles. The van der Waals surface area contributed by atoms with E-state index >= 15 is 0 Å². The van der Waals surface area contributed by atoms with Crippen LogP contribution in [0.3, 0.4) is 0 Å². The number of aromatic nitrogens is 4. The van der Waals surface area contributed by atoms with Crippen LogP contribution in [0.15, 0.2) is 35.7 Å². The molecule has 0 saturated carbocycles. The Morgan fingerprint density at radius 2 is 1.73 bits per heavy atom. The number of hydrogen-bond donors (Lipinski definition) is 1. The number of hydrogen-bond acceptors (Lipinski definition) is 7. The van der Waals surface area contributed by atoms with Crippen molar-refractivity contribution >= 4 is 22.2 Å². The minimum Gasteiger partial charge on any atom is -0.368 e. The van der Waals surface area contributed by atoms with Crippen LogP contribution in [0, 0.1) is 0 Å². The number of benzene rings is 1. The van der Waals surface area contributed by atoms with E-state index in [1.165, 1.54) is 5.69 Å². The van der Waals surface area contributed by atoms with Gasteiger partial charge in [0.15, 0.2) is 11.0 Å². The molecular weight excluding hydrogens is 346 g/mol. The van der Waals surface area contributed by atoms with Crippen LogP contribution in [0.1, 0.15) is 5.82 Å². The molecule has 1 saturated heterocycles. The lowest BCUT2D eigenvalue weighted by atomic mass is 10.2. The van der Waals surface area contributed by atoms with Crippen LogP contribution < -0.4 is 15.1 Å². The Kier molecular flexibility index (Phi) is 4.06. The van der Waals surface area contributed by atoms with Gasteiger partial charge in [0.05, 0.1) is 6.54 Å². The zero-order valence-electron chi connectivity index (χ0n) is 14.5. The molecule has 0 amide bonds. The topological polar surface area (TPSA) is 62.1 Å². The lowest BCUT2D eigenvalue weighted by Crippen LogP contribution is -2.46. The van der Waals surface area contributed by atoms with Gasteiger partial charge in [0.1, 0.15) is 11.5 Å². The fourth-order valence-corrected chi connectivity index (χ4v) is 4.45. The van der Waals surface area contributed by atoms with Crippen molar-refractivity contribution in [3.8, 4) is 11.5 Å². The summed E-state index contributed by atoms with van der Waals surface area (Å²) in [5, 5.41) is 15.2. The summed E-state index contributed by atoms with van der Waals surface area (Å²) < 4.78 is 2.18. The fourth-order valence-electron chi connectivity index (χ4n) is 3.59. The van der Waals surface area contributed by atoms with Gasteiger partial charge in [-0.1, -0.05) is 18.2 Å². The van der Waals surface area contributed by atoms with Crippen LogP contribution in [-0.2, 0) is 13.1 Å². The van der Waals surface area contributed by atoms with Crippen molar-refractivity contribution in [3.63, 3.8) is 0 Å². The molecule has 134 valence electrons. The summed E-state index contributed by atoms with van der Waals surface area (Å²) in [6.45, 7) is 6.66. The van der Waals surface area contributed by atoms with Crippen molar-refractivity contribution < 1.29 is 0 Å². The predicted octanol–water partition coefficient (Wildman–Crippen LogP) is 1.83. The van der Waals surface area contributed by atoms with Crippen LogP contribution in [-0.4, -0.2) is 52.5 Å². The van der Waals surface area contributed by atoms with E-state index in [9.17, 15) is 0 Å². The van der Waals surface area contributed by atoms with Crippen molar-refractivity contribution in [1.29, 1.82) is 0 Å². The van der Waals surface area contributed by atoms with Gasteiger partial charge in [0.2, 0.25) is 0 Å². The number of nitrogens with one attached hydrogen (secondary N) is 1. The number of rotatable bonds is 3. The second-order valence-electron chi connectivity index (χ2n) is 6.59. The molecule has 8 heteroatoms. The van der Waals surface area contributed by atoms with Crippen LogP contribution >= 0.6 is 11.3 Å². The second-order valence-corrected chi connectivity index (χ2v) is 7.43. The maximum atomic E-state index is 4.86. The molecule has 1 aromatic carbocycles. The standard InChI is InChI=1S/C18H21N7S/c1-2-4-14(5-3-1)23-8-10-24(11-9-23)18-20-15(13-26-18)17-22-21-16-12-19-6-7-25(16)17/h1-5,13,19H,6-12H2. The van der Waals surface area contributed by atoms with Crippen molar-refractivity contribution in [2.45, 2.75) is 13.1 Å². The van der Waals surface area contributed by atoms with Gasteiger partial charge < -0.3 is 19.7 Å². The highest BCUT2D eigenvalue weighted by atomic mass is 32.1. The highest BCUT2D eigenvalue weighted by molar-refractivity contribution is 7.14. The molecule has 0 atom stereocenters. The molecule has 0 radical (unpaired) electrons. The molecule has 2 aromatic heterocycles. The largest absolute Gasteiger partial charge is 0.368 e. The normalized spacial score (nSPS) is 17.4. The molecule has 1 N–H and O–H groups in total. The Hall–Kier alpha value is -2.45. The monoisotopic (exact) mass is 367 g/mol. The first-order valence-electron chi connectivity index (χ1n) is 9.02. The SMILES string of the molecule is c1ccc(N2CCN(c3nc(-c4nnc5n4CCNC5)cs3)CC2)cc1. The summed E-state index contributed by atoms with van der Waals surface area (Å²) in [5.74, 6) is 1.89. The van der Waals surface area contributed by atoms with Gasteiger partial charge in [-0.05, 0) is 12.1 Å². The van der Waals surface area contributed by atoms with Crippen molar-refractivity contribution in [2.75, 3.05) is 42.5 Å². The van der Waals surface area contributed by atoms with Crippen LogP contribution in [0.5, 0.6) is 0 Å². The first-order valence-corrected chi connectivity index (χ1v) is 9.90. The van der Waals surface area contributed by atoms with Crippen LogP contribution in [0.2, 0.25) is 0 Å². The van der Waals surface area contributed by atoms with Crippen molar-refractivity contribution in [3.05, 3.63) is 41.5 Å². The van der Waals surface area contributed by atoms with Gasteiger partial charge in [-0.2, -0.15) is 0 Å². The molecule has 0 unspecified atom stereocenters. The van der Waals surface area contributed by atoms with Gasteiger partial charge in [-0.15, -0.1) is 21.5 Å². The number of fused-ring (bicyclic) bond motifs is 1. The number of thiazole rings is 1. The minimum atomic E-state index is 0.783. The van der Waals surface area contributed by atoms with Gasteiger partial charge in [-0.25, -0.2) is 4.98 Å². The Balaban J connectivity index is 1.30. The third-order valence-electron chi connectivity index (χ3n) is 5.02. The fraction of sp³-hybridized carbons (Fsp3) is 0.389. The molecule has 7 nitrogen and oxygen atoms in total.